The highest BCUT2D eigenvalue weighted by molar-refractivity contribution is 5.94. The number of benzene rings is 1. The molecule has 1 amide bonds. The van der Waals surface area contributed by atoms with Gasteiger partial charge in [0.15, 0.2) is 0 Å². The number of nitrogens with one attached hydrogen (secondary N) is 1. The molecule has 0 unspecified atom stereocenters. The molecule has 1 aromatic rings. The summed E-state index contributed by atoms with van der Waals surface area (Å²) in [4.78, 5) is 14.3. The van der Waals surface area contributed by atoms with Gasteiger partial charge >= 0.3 is 0 Å². The molecule has 1 N–H and O–H groups in total. The maximum atomic E-state index is 12.0. The lowest BCUT2D eigenvalue weighted by Gasteiger charge is -2.18. The molecule has 2 rings (SSSR count). The van der Waals surface area contributed by atoms with Crippen LogP contribution in [0.5, 0.6) is 0 Å². The van der Waals surface area contributed by atoms with Crippen molar-refractivity contribution in [3.63, 3.8) is 0 Å². The van der Waals surface area contributed by atoms with E-state index in [9.17, 15) is 4.79 Å². The lowest BCUT2D eigenvalue weighted by atomic mass is 10.1. The highest BCUT2D eigenvalue weighted by Gasteiger charge is 2.22. The number of hydrogen-bond donors (Lipinski definition) is 1. The van der Waals surface area contributed by atoms with Crippen molar-refractivity contribution in [3.05, 3.63) is 29.8 Å². The van der Waals surface area contributed by atoms with Crippen molar-refractivity contribution in [2.24, 2.45) is 5.92 Å². The zero-order valence-electron chi connectivity index (χ0n) is 13.3. The van der Waals surface area contributed by atoms with Crippen LogP contribution in [0.4, 0.5) is 5.69 Å². The van der Waals surface area contributed by atoms with E-state index >= 15 is 0 Å². The quantitative estimate of drug-likeness (QED) is 0.876. The van der Waals surface area contributed by atoms with Crippen molar-refractivity contribution >= 4 is 11.6 Å². The van der Waals surface area contributed by atoms with Gasteiger partial charge in [0.1, 0.15) is 0 Å². The monoisotopic (exact) mass is 290 g/mol. The third-order valence-electron chi connectivity index (χ3n) is 3.98. The molecular weight excluding hydrogens is 264 g/mol. The second-order valence-electron chi connectivity index (χ2n) is 6.08. The van der Waals surface area contributed by atoms with Gasteiger partial charge in [-0.15, -0.1) is 0 Å². The number of rotatable bonds is 6. The van der Waals surface area contributed by atoms with Gasteiger partial charge in [0.05, 0.1) is 6.10 Å². The number of nitrogens with zero attached hydrogens (tertiary/aromatic N) is 1. The van der Waals surface area contributed by atoms with E-state index in [0.717, 1.165) is 43.7 Å². The third-order valence-corrected chi connectivity index (χ3v) is 3.98. The van der Waals surface area contributed by atoms with Gasteiger partial charge < -0.3 is 15.0 Å². The molecule has 4 nitrogen and oxygen atoms in total. The first-order valence-electron chi connectivity index (χ1n) is 7.76. The smallest absolute Gasteiger partial charge is 0.251 e. The lowest BCUT2D eigenvalue weighted by molar-refractivity contribution is 0.0952. The summed E-state index contributed by atoms with van der Waals surface area (Å²) in [6.45, 7) is 6.99. The molecule has 1 aliphatic rings. The van der Waals surface area contributed by atoms with Crippen LogP contribution >= 0.6 is 0 Å². The molecule has 21 heavy (non-hydrogen) atoms. The van der Waals surface area contributed by atoms with E-state index in [2.05, 4.69) is 24.1 Å². The summed E-state index contributed by atoms with van der Waals surface area (Å²) >= 11 is 0. The summed E-state index contributed by atoms with van der Waals surface area (Å²) in [6.07, 6.45) is 2.40. The summed E-state index contributed by atoms with van der Waals surface area (Å²) in [5.41, 5.74) is 1.89. The van der Waals surface area contributed by atoms with Gasteiger partial charge in [0, 0.05) is 38.0 Å². The van der Waals surface area contributed by atoms with E-state index in [0.29, 0.717) is 12.0 Å². The van der Waals surface area contributed by atoms with Crippen LogP contribution in [0.25, 0.3) is 0 Å². The second-order valence-corrected chi connectivity index (χ2v) is 6.08. The number of carbonyl (C=O) groups excluding carboxylic acids is 1. The fraction of sp³-hybridized carbons (Fsp3) is 0.588. The molecule has 0 saturated carbocycles. The highest BCUT2D eigenvalue weighted by atomic mass is 16.5. The molecule has 0 aromatic heterocycles. The molecule has 116 valence electrons. The Morgan fingerprint density at radius 1 is 1.38 bits per heavy atom. The van der Waals surface area contributed by atoms with Gasteiger partial charge in [-0.05, 0) is 43.0 Å². The molecule has 0 spiro atoms. The van der Waals surface area contributed by atoms with E-state index in [1.54, 1.807) is 7.11 Å². The van der Waals surface area contributed by atoms with Gasteiger partial charge in [0.2, 0.25) is 0 Å². The normalized spacial score (nSPS) is 18.3. The predicted octanol–water partition coefficient (Wildman–Crippen LogP) is 2.69. The third kappa shape index (κ3) is 4.46. The summed E-state index contributed by atoms with van der Waals surface area (Å²) < 4.78 is 5.38. The van der Waals surface area contributed by atoms with Crippen LogP contribution in [0, 0.1) is 5.92 Å². The van der Waals surface area contributed by atoms with E-state index in [1.807, 2.05) is 24.3 Å². The highest BCUT2D eigenvalue weighted by Crippen LogP contribution is 2.22. The van der Waals surface area contributed by atoms with Gasteiger partial charge in [-0.3, -0.25) is 4.79 Å². The average Bonchev–Trinajstić information content (AvgIpc) is 2.96. The molecule has 4 heteroatoms. The molecule has 0 aliphatic carbocycles. The molecule has 1 atom stereocenters. The van der Waals surface area contributed by atoms with Gasteiger partial charge in [0.25, 0.3) is 5.91 Å². The van der Waals surface area contributed by atoms with Crippen LogP contribution in [-0.4, -0.2) is 38.8 Å². The number of hydrogen-bond acceptors (Lipinski definition) is 3. The Kier molecular flexibility index (Phi) is 5.62. The van der Waals surface area contributed by atoms with Crippen molar-refractivity contribution in [1.82, 2.24) is 5.32 Å². The first-order chi connectivity index (χ1) is 10.1. The minimum Gasteiger partial charge on any atom is -0.380 e. The number of ether oxygens (including phenoxy) is 1. The molecule has 1 fully saturated rings. The van der Waals surface area contributed by atoms with Gasteiger partial charge in [-0.1, -0.05) is 13.8 Å². The predicted molar refractivity (Wildman–Crippen MR) is 85.9 cm³/mol. The Balaban J connectivity index is 1.88. The molecule has 1 heterocycles. The fourth-order valence-electron chi connectivity index (χ4n) is 2.56. The van der Waals surface area contributed by atoms with Crippen LogP contribution in [0.1, 0.15) is 37.0 Å². The summed E-state index contributed by atoms with van der Waals surface area (Å²) in [5, 5.41) is 2.96. The first-order valence-corrected chi connectivity index (χ1v) is 7.76. The minimum absolute atomic E-state index is 0.0124. The standard InChI is InChI=1S/C17H26N2O2/c1-13(2)8-10-18-17(20)14-4-6-15(7-5-14)19-11-9-16(12-19)21-3/h4-7,13,16H,8-12H2,1-3H3,(H,18,20)/t16-/m1/s1. The average molecular weight is 290 g/mol. The molecule has 0 bridgehead atoms. The van der Waals surface area contributed by atoms with E-state index in [-0.39, 0.29) is 5.91 Å². The van der Waals surface area contributed by atoms with Crippen LogP contribution in [0.3, 0.4) is 0 Å². The zero-order valence-corrected chi connectivity index (χ0v) is 13.3. The van der Waals surface area contributed by atoms with Crippen molar-refractivity contribution in [3.8, 4) is 0 Å². The van der Waals surface area contributed by atoms with Crippen LogP contribution in [-0.2, 0) is 4.74 Å². The number of amides is 1. The van der Waals surface area contributed by atoms with Crippen molar-refractivity contribution in [1.29, 1.82) is 0 Å². The van der Waals surface area contributed by atoms with Crippen LogP contribution < -0.4 is 10.2 Å². The minimum atomic E-state index is 0.0124. The largest absolute Gasteiger partial charge is 0.380 e. The topological polar surface area (TPSA) is 41.6 Å². The number of carbonyl (C=O) groups is 1. The SMILES string of the molecule is CO[C@@H]1CCN(c2ccc(C(=O)NCCC(C)C)cc2)C1. The Morgan fingerprint density at radius 2 is 2.10 bits per heavy atom. The van der Waals surface area contributed by atoms with Gasteiger partial charge in [-0.25, -0.2) is 0 Å². The summed E-state index contributed by atoms with van der Waals surface area (Å²) in [5.74, 6) is 0.620. The number of methoxy groups -OCH3 is 1. The Bertz CT molecular complexity index is 456. The van der Waals surface area contributed by atoms with Crippen LogP contribution in [0.15, 0.2) is 24.3 Å². The maximum Gasteiger partial charge on any atom is 0.251 e. The summed E-state index contributed by atoms with van der Waals surface area (Å²) in [6, 6.07) is 7.85. The Morgan fingerprint density at radius 3 is 2.67 bits per heavy atom. The second kappa shape index (κ2) is 7.46. The fourth-order valence-corrected chi connectivity index (χ4v) is 2.56. The van der Waals surface area contributed by atoms with Crippen molar-refractivity contribution in [2.45, 2.75) is 32.8 Å². The van der Waals surface area contributed by atoms with Crippen molar-refractivity contribution in [2.75, 3.05) is 31.6 Å². The zero-order chi connectivity index (χ0) is 15.2. The lowest BCUT2D eigenvalue weighted by Crippen LogP contribution is -2.25. The maximum absolute atomic E-state index is 12.0. The van der Waals surface area contributed by atoms with Gasteiger partial charge in [-0.2, -0.15) is 0 Å². The van der Waals surface area contributed by atoms with E-state index < -0.39 is 0 Å². The molecule has 1 saturated heterocycles. The van der Waals surface area contributed by atoms with E-state index in [4.69, 9.17) is 4.74 Å². The molecular formula is C17H26N2O2. The van der Waals surface area contributed by atoms with Crippen molar-refractivity contribution < 1.29 is 9.53 Å². The first kappa shape index (κ1) is 15.8. The Hall–Kier alpha value is -1.55. The summed E-state index contributed by atoms with van der Waals surface area (Å²) in [7, 11) is 1.76. The molecule has 1 aliphatic heterocycles. The number of anilines is 1. The Labute approximate surface area is 127 Å². The van der Waals surface area contributed by atoms with E-state index in [1.165, 1.54) is 0 Å². The van der Waals surface area contributed by atoms with Crippen LogP contribution in [0.2, 0.25) is 0 Å². The molecule has 1 aromatic carbocycles. The molecule has 0 radical (unpaired) electrons.